The number of rotatable bonds is 14. The number of anilines is 1. The first kappa shape index (κ1) is 33.5. The van der Waals surface area contributed by atoms with Gasteiger partial charge in [0.2, 0.25) is 0 Å². The minimum absolute atomic E-state index is 0.0258. The van der Waals surface area contributed by atoms with Crippen molar-refractivity contribution < 1.29 is 33.0 Å². The van der Waals surface area contributed by atoms with Gasteiger partial charge in [-0.1, -0.05) is 13.8 Å². The predicted molar refractivity (Wildman–Crippen MR) is 162 cm³/mol. The maximum Gasteiger partial charge on any atom is 0.337 e. The highest BCUT2D eigenvalue weighted by Crippen LogP contribution is 2.42. The number of hydrogen-bond acceptors (Lipinski definition) is 8. The monoisotopic (exact) mass is 597 g/mol. The Morgan fingerprint density at radius 2 is 1.77 bits per heavy atom. The second-order valence-corrected chi connectivity index (χ2v) is 10.4. The molecule has 0 aliphatic heterocycles. The van der Waals surface area contributed by atoms with Crippen molar-refractivity contribution >= 4 is 17.9 Å². The van der Waals surface area contributed by atoms with Gasteiger partial charge >= 0.3 is 5.97 Å². The Labute approximate surface area is 252 Å². The molecule has 0 atom stereocenters. The Hall–Kier alpha value is -4.05. The summed E-state index contributed by atoms with van der Waals surface area (Å²) in [7, 11) is 3.39. The smallest absolute Gasteiger partial charge is 0.337 e. The van der Waals surface area contributed by atoms with E-state index in [1.165, 1.54) is 7.11 Å². The van der Waals surface area contributed by atoms with Crippen LogP contribution in [0.4, 0.5) is 14.5 Å². The average Bonchev–Trinajstić information content (AvgIpc) is 3.83. The third-order valence-corrected chi connectivity index (χ3v) is 6.97. The Kier molecular flexibility index (Phi) is 12.9. The van der Waals surface area contributed by atoms with Crippen LogP contribution in [0, 0.1) is 11.6 Å². The molecule has 10 heteroatoms. The lowest BCUT2D eigenvalue weighted by atomic mass is 10.0. The van der Waals surface area contributed by atoms with Crippen LogP contribution in [-0.4, -0.2) is 67.1 Å². The molecule has 0 radical (unpaired) electrons. The molecule has 0 saturated heterocycles. The number of pyridine rings is 1. The molecule has 4 rings (SSSR count). The zero-order chi connectivity index (χ0) is 31.4. The van der Waals surface area contributed by atoms with E-state index < -0.39 is 11.6 Å². The maximum absolute atomic E-state index is 14.5. The summed E-state index contributed by atoms with van der Waals surface area (Å²) in [5, 5.41) is 10.9. The van der Waals surface area contributed by atoms with E-state index in [0.717, 1.165) is 75.1 Å². The molecule has 1 aliphatic rings. The number of esters is 1. The van der Waals surface area contributed by atoms with Crippen molar-refractivity contribution in [2.24, 2.45) is 0 Å². The Balaban J connectivity index is 0.00000119. The number of unbranched alkanes of at least 4 members (excludes halogenated alkanes) is 1. The van der Waals surface area contributed by atoms with Crippen LogP contribution < -0.4 is 9.64 Å². The van der Waals surface area contributed by atoms with Crippen molar-refractivity contribution in [2.75, 3.05) is 38.7 Å². The van der Waals surface area contributed by atoms with Gasteiger partial charge in [0.15, 0.2) is 5.82 Å². The minimum Gasteiger partial charge on any atom is -0.507 e. The highest BCUT2D eigenvalue weighted by atomic mass is 19.1. The normalized spacial score (nSPS) is 12.3. The van der Waals surface area contributed by atoms with Crippen molar-refractivity contribution in [3.8, 4) is 22.8 Å². The molecule has 0 spiro atoms. The number of phenolic OH excluding ortho intramolecular Hbond substituents is 1. The van der Waals surface area contributed by atoms with E-state index in [4.69, 9.17) is 9.47 Å². The number of ether oxygens (including phenoxy) is 2. The van der Waals surface area contributed by atoms with Gasteiger partial charge in [-0.05, 0) is 80.7 Å². The van der Waals surface area contributed by atoms with Crippen molar-refractivity contribution in [3.63, 3.8) is 0 Å². The average molecular weight is 598 g/mol. The van der Waals surface area contributed by atoms with E-state index in [2.05, 4.69) is 21.7 Å². The summed E-state index contributed by atoms with van der Waals surface area (Å²) < 4.78 is 38.7. The second kappa shape index (κ2) is 16.6. The lowest BCUT2D eigenvalue weighted by molar-refractivity contribution is -0.107. The van der Waals surface area contributed by atoms with Gasteiger partial charge in [-0.2, -0.15) is 0 Å². The number of aromatic hydroxyl groups is 1. The summed E-state index contributed by atoms with van der Waals surface area (Å²) in [6, 6.07) is 11.5. The van der Waals surface area contributed by atoms with E-state index in [1.807, 2.05) is 32.2 Å². The third-order valence-electron chi connectivity index (χ3n) is 6.97. The van der Waals surface area contributed by atoms with Gasteiger partial charge in [-0.3, -0.25) is 4.90 Å². The fraction of sp³-hybridized carbons (Fsp3) is 0.424. The zero-order valence-electron chi connectivity index (χ0n) is 25.3. The summed E-state index contributed by atoms with van der Waals surface area (Å²) in [6.45, 7) is 7.03. The molecule has 1 aromatic heterocycles. The number of carbonyl (C=O) groups excluding carboxylic acids is 2. The molecule has 232 valence electrons. The zero-order valence-corrected chi connectivity index (χ0v) is 25.3. The first-order valence-electron chi connectivity index (χ1n) is 14.6. The third kappa shape index (κ3) is 10.0. The molecular formula is C33H41F2N3O5. The summed E-state index contributed by atoms with van der Waals surface area (Å²) in [5.41, 5.74) is 2.42. The number of carbonyl (C=O) groups is 2. The quantitative estimate of drug-likeness (QED) is 0.130. The fourth-order valence-corrected chi connectivity index (χ4v) is 4.43. The molecular weight excluding hydrogens is 556 g/mol. The van der Waals surface area contributed by atoms with Crippen molar-refractivity contribution in [1.29, 1.82) is 0 Å². The molecule has 0 unspecified atom stereocenters. The fourth-order valence-electron chi connectivity index (χ4n) is 4.43. The van der Waals surface area contributed by atoms with Gasteiger partial charge in [0.1, 0.15) is 29.3 Å². The highest BCUT2D eigenvalue weighted by Gasteiger charge is 2.27. The number of aromatic nitrogens is 1. The molecule has 1 heterocycles. The number of nitrogens with zero attached hydrogens (tertiary/aromatic N) is 3. The van der Waals surface area contributed by atoms with Gasteiger partial charge in [-0.15, -0.1) is 0 Å². The molecule has 1 fully saturated rings. The van der Waals surface area contributed by atoms with E-state index in [-0.39, 0.29) is 29.1 Å². The summed E-state index contributed by atoms with van der Waals surface area (Å²) >= 11 is 0. The van der Waals surface area contributed by atoms with Crippen LogP contribution in [-0.2, 0) is 16.1 Å². The number of phenols is 1. The van der Waals surface area contributed by atoms with E-state index in [9.17, 15) is 23.5 Å². The topological polar surface area (TPSA) is 92.2 Å². The molecule has 8 nitrogen and oxygen atoms in total. The maximum atomic E-state index is 14.5. The second-order valence-electron chi connectivity index (χ2n) is 10.4. The molecule has 3 aromatic rings. The van der Waals surface area contributed by atoms with Crippen molar-refractivity contribution in [3.05, 3.63) is 71.4 Å². The molecule has 0 bridgehead atoms. The molecule has 1 saturated carbocycles. The Morgan fingerprint density at radius 1 is 1.09 bits per heavy atom. The van der Waals surface area contributed by atoms with Gasteiger partial charge in [0, 0.05) is 38.3 Å². The Bertz CT molecular complexity index is 1350. The van der Waals surface area contributed by atoms with Gasteiger partial charge in [-0.25, -0.2) is 18.6 Å². The summed E-state index contributed by atoms with van der Waals surface area (Å²) in [5.74, 6) is -1.76. The van der Waals surface area contributed by atoms with Crippen molar-refractivity contribution in [1.82, 2.24) is 9.88 Å². The highest BCUT2D eigenvalue weighted by molar-refractivity contribution is 5.89. The van der Waals surface area contributed by atoms with Crippen LogP contribution in [0.5, 0.6) is 11.5 Å². The molecule has 43 heavy (non-hydrogen) atoms. The van der Waals surface area contributed by atoms with Crippen LogP contribution in [0.2, 0.25) is 0 Å². The van der Waals surface area contributed by atoms with Crippen LogP contribution in [0.3, 0.4) is 0 Å². The first-order chi connectivity index (χ1) is 20.7. The number of methoxy groups -OCH3 is 1. The van der Waals surface area contributed by atoms with Crippen LogP contribution in [0.15, 0.2) is 48.7 Å². The van der Waals surface area contributed by atoms with Crippen LogP contribution in [0.25, 0.3) is 11.3 Å². The summed E-state index contributed by atoms with van der Waals surface area (Å²) in [4.78, 5) is 29.1. The molecule has 2 aromatic carbocycles. The van der Waals surface area contributed by atoms with E-state index >= 15 is 0 Å². The molecule has 1 aliphatic carbocycles. The lowest BCUT2D eigenvalue weighted by Crippen LogP contribution is -2.25. The SMILES string of the molecule is CCC=O.CCN(CCCCN(C)c1ccc(C(=O)OC)cc1)Cc1cc(O)c(-c2ncc(F)cc2F)c(OC2CC2)c1. The van der Waals surface area contributed by atoms with E-state index in [1.54, 1.807) is 18.2 Å². The van der Waals surface area contributed by atoms with E-state index in [0.29, 0.717) is 24.3 Å². The number of aldehydes is 1. The molecule has 0 amide bonds. The predicted octanol–water partition coefficient (Wildman–Crippen LogP) is 6.39. The number of hydrogen-bond donors (Lipinski definition) is 1. The van der Waals surface area contributed by atoms with Gasteiger partial charge in [0.05, 0.1) is 30.5 Å². The standard InChI is InChI=1S/C30H35F2N3O4.C3H6O/c1-4-35(14-6-5-13-34(2)23-9-7-21(8-10-23)30(37)38-3)19-20-15-26(36)28(27(16-20)39-24-11-12-24)29-25(32)17-22(31)18-33-29;1-2-3-4/h7-10,15-18,24,36H,4-6,11-14,19H2,1-3H3;3H,2H2,1H3. The van der Waals surface area contributed by atoms with Gasteiger partial charge in [0.25, 0.3) is 0 Å². The van der Waals surface area contributed by atoms with Crippen molar-refractivity contribution in [2.45, 2.75) is 58.6 Å². The summed E-state index contributed by atoms with van der Waals surface area (Å²) in [6.07, 6.45) is 6.21. The number of benzene rings is 2. The Morgan fingerprint density at radius 3 is 2.35 bits per heavy atom. The van der Waals surface area contributed by atoms with Gasteiger partial charge < -0.3 is 24.3 Å². The van der Waals surface area contributed by atoms with Crippen LogP contribution >= 0.6 is 0 Å². The minimum atomic E-state index is -0.849. The molecule has 1 N–H and O–H groups in total. The first-order valence-corrected chi connectivity index (χ1v) is 14.6. The van der Waals surface area contributed by atoms with Crippen LogP contribution in [0.1, 0.15) is 61.9 Å². The number of halogens is 2. The largest absolute Gasteiger partial charge is 0.507 e. The lowest BCUT2D eigenvalue weighted by Gasteiger charge is -2.23.